The van der Waals surface area contributed by atoms with Crippen molar-refractivity contribution in [3.63, 3.8) is 0 Å². The van der Waals surface area contributed by atoms with E-state index < -0.39 is 16.5 Å². The van der Waals surface area contributed by atoms with Gasteiger partial charge in [0, 0.05) is 0 Å². The van der Waals surface area contributed by atoms with Gasteiger partial charge in [0.05, 0.1) is 0 Å². The van der Waals surface area contributed by atoms with E-state index in [1.807, 2.05) is 0 Å². The summed E-state index contributed by atoms with van der Waals surface area (Å²) in [4.78, 5) is 0. The summed E-state index contributed by atoms with van der Waals surface area (Å²) in [6.45, 7) is 13.8. The Balaban J connectivity index is -0.000000273. The summed E-state index contributed by atoms with van der Waals surface area (Å²) in [5, 5.41) is 0. The summed E-state index contributed by atoms with van der Waals surface area (Å²) in [6, 6.07) is 0. The Bertz CT molecular complexity index is 329. The van der Waals surface area contributed by atoms with E-state index in [0.717, 1.165) is 5.92 Å². The summed E-state index contributed by atoms with van der Waals surface area (Å²) in [6.07, 6.45) is 13.0. The van der Waals surface area contributed by atoms with Gasteiger partial charge in [-0.25, -0.2) is 18.1 Å². The topological polar surface area (TPSA) is 14.1 Å². The van der Waals surface area contributed by atoms with E-state index in [4.69, 9.17) is 4.65 Å². The van der Waals surface area contributed by atoms with Crippen LogP contribution < -0.4 is 0 Å². The van der Waals surface area contributed by atoms with E-state index in [1.54, 1.807) is 24.7 Å². The van der Waals surface area contributed by atoms with Gasteiger partial charge in [0.1, 0.15) is 0 Å². The average molecular weight is 386 g/mol. The van der Waals surface area contributed by atoms with Crippen molar-refractivity contribution in [2.24, 2.45) is 5.92 Å². The van der Waals surface area contributed by atoms with Crippen molar-refractivity contribution in [3.05, 3.63) is 49.7 Å². The number of hydrogen-bond acceptors (Lipinski definition) is 0. The van der Waals surface area contributed by atoms with Crippen molar-refractivity contribution in [3.8, 4) is 0 Å². The minimum absolute atomic E-state index is 0. The van der Waals surface area contributed by atoms with Gasteiger partial charge in [0.15, 0.2) is 0 Å². The van der Waals surface area contributed by atoms with Gasteiger partial charge < -0.3 is 19.5 Å². The first kappa shape index (κ1) is 27.5. The van der Waals surface area contributed by atoms with Gasteiger partial charge in [-0.15, -0.1) is 18.6 Å². The minimum atomic E-state index is -1.11. The Morgan fingerprint density at radius 2 is 1.59 bits per heavy atom. The van der Waals surface area contributed by atoms with Gasteiger partial charge in [0.2, 0.25) is 0 Å². The van der Waals surface area contributed by atoms with Crippen molar-refractivity contribution in [1.82, 2.24) is 0 Å². The first-order valence-corrected chi connectivity index (χ1v) is 17.1. The molecule has 2 radical (unpaired) electrons. The fourth-order valence-electron chi connectivity index (χ4n) is 2.67. The van der Waals surface area contributed by atoms with Crippen molar-refractivity contribution in [1.29, 1.82) is 0 Å². The maximum atomic E-state index is 4.82. The number of allylic oxidation sites excluding steroid dienone is 4. The van der Waals surface area contributed by atoms with Crippen LogP contribution in [0.5, 0.6) is 0 Å². The predicted octanol–water partition coefficient (Wildman–Crippen LogP) is 6.03. The molecular formula is C17H35NSi3Ti-4. The number of rotatable bonds is 2. The molecule has 22 heavy (non-hydrogen) atoms. The Hall–Kier alpha value is 0.675. The van der Waals surface area contributed by atoms with Crippen LogP contribution in [0.3, 0.4) is 0 Å². The summed E-state index contributed by atoms with van der Waals surface area (Å²) in [5.74, 6) is 0.884. The zero-order chi connectivity index (χ0) is 15.8. The van der Waals surface area contributed by atoms with E-state index in [2.05, 4.69) is 71.6 Å². The van der Waals surface area contributed by atoms with Crippen LogP contribution in [-0.4, -0.2) is 24.1 Å². The van der Waals surface area contributed by atoms with Crippen LogP contribution in [0, 0.1) is 27.2 Å². The van der Waals surface area contributed by atoms with Crippen LogP contribution in [0.1, 0.15) is 19.3 Å². The third-order valence-electron chi connectivity index (χ3n) is 2.88. The third-order valence-corrected chi connectivity index (χ3v) is 8.25. The fraction of sp³-hybridized carbons (Fsp3) is 0.588. The summed E-state index contributed by atoms with van der Waals surface area (Å²) >= 11 is 1.81. The number of hydrogen-bond donors (Lipinski definition) is 0. The van der Waals surface area contributed by atoms with E-state index in [9.17, 15) is 0 Å². The van der Waals surface area contributed by atoms with Gasteiger partial charge in [0.25, 0.3) is 0 Å². The van der Waals surface area contributed by atoms with E-state index in [0.29, 0.717) is 0 Å². The van der Waals surface area contributed by atoms with E-state index in [-0.39, 0.29) is 14.9 Å². The molecular weight excluding hydrogens is 350 g/mol. The Kier molecular flexibility index (Phi) is 16.3. The molecule has 0 aromatic heterocycles. The fourth-order valence-corrected chi connectivity index (χ4v) is 10.7. The zero-order valence-corrected chi connectivity index (χ0v) is 20.5. The number of fused-ring (bicyclic) bond motifs is 1. The van der Waals surface area contributed by atoms with E-state index >= 15 is 0 Å². The molecule has 1 atom stereocenters. The molecule has 1 fully saturated rings. The van der Waals surface area contributed by atoms with Gasteiger partial charge >= 0.3 is 26.8 Å². The summed E-state index contributed by atoms with van der Waals surface area (Å²) in [7, 11) is 0.760. The van der Waals surface area contributed by atoms with Gasteiger partial charge in [-0.2, -0.15) is 0 Å². The second kappa shape index (κ2) is 13.0. The van der Waals surface area contributed by atoms with Crippen LogP contribution >= 0.6 is 0 Å². The molecule has 0 bridgehead atoms. The Morgan fingerprint density at radius 3 is 1.95 bits per heavy atom. The standard InChI is InChI=1S/C9H11.C6H18NSi2.2CH3.Si.Ti/c1-2-5-9-7-3-6-8(9)4-1;1-8(2,3)7-9(4,5)6;;;;/h1-2,4,6,9H,3,5,7H2;1-6H3;2*1H3;;/q4*-1;;. The monoisotopic (exact) mass is 385 g/mol. The Labute approximate surface area is 157 Å². The summed E-state index contributed by atoms with van der Waals surface area (Å²) < 4.78 is 4.82. The average Bonchev–Trinajstić information content (AvgIpc) is 2.75. The van der Waals surface area contributed by atoms with Crippen molar-refractivity contribution < 1.29 is 19.2 Å². The predicted molar refractivity (Wildman–Crippen MR) is 107 cm³/mol. The van der Waals surface area contributed by atoms with Crippen LogP contribution in [0.15, 0.2) is 23.8 Å². The quantitative estimate of drug-likeness (QED) is 0.407. The second-order valence-corrected chi connectivity index (χ2v) is 16.8. The van der Waals surface area contributed by atoms with Gasteiger partial charge in [-0.3, -0.25) is 0 Å². The molecule has 0 aliphatic heterocycles. The third kappa shape index (κ3) is 14.3. The molecule has 0 spiro atoms. The SMILES string of the molecule is C1=CCC2CC[CH-]C2=C1.C[Si](C)(C)[N-][Si](C)(C)C.[CH3-].[CH3-].[Si]=[Ti]. The van der Waals surface area contributed by atoms with Crippen molar-refractivity contribution >= 4 is 24.1 Å². The Morgan fingerprint density at radius 1 is 1.09 bits per heavy atom. The van der Waals surface area contributed by atoms with Crippen LogP contribution in [0.25, 0.3) is 4.65 Å². The molecule has 0 aromatic rings. The molecule has 2 rings (SSSR count). The maximum absolute atomic E-state index is 4.82. The molecule has 0 saturated heterocycles. The molecule has 0 amide bonds. The van der Waals surface area contributed by atoms with Crippen LogP contribution in [0.2, 0.25) is 39.3 Å². The van der Waals surface area contributed by atoms with E-state index in [1.165, 1.54) is 19.3 Å². The van der Waals surface area contributed by atoms with Crippen molar-refractivity contribution in [2.45, 2.75) is 58.5 Å². The molecule has 5 heteroatoms. The van der Waals surface area contributed by atoms with Crippen molar-refractivity contribution in [2.75, 3.05) is 0 Å². The number of nitrogens with zero attached hydrogens (tertiary/aromatic N) is 1. The molecule has 0 N–H and O–H groups in total. The first-order chi connectivity index (χ1) is 9.17. The molecule has 0 aromatic carbocycles. The van der Waals surface area contributed by atoms with Gasteiger partial charge in [-0.1, -0.05) is 62.2 Å². The van der Waals surface area contributed by atoms with Crippen LogP contribution in [-0.2, 0) is 19.2 Å². The molecule has 1 nitrogen and oxygen atoms in total. The second-order valence-electron chi connectivity index (χ2n) is 7.26. The zero-order valence-electron chi connectivity index (χ0n) is 16.0. The molecule has 128 valence electrons. The van der Waals surface area contributed by atoms with Gasteiger partial charge in [-0.05, 0) is 12.3 Å². The molecule has 1 unspecified atom stereocenters. The molecule has 1 saturated carbocycles. The summed E-state index contributed by atoms with van der Waals surface area (Å²) in [5.41, 5.74) is 1.58. The normalized spacial score (nSPS) is 18.6. The molecule has 0 heterocycles. The molecule has 2 aliphatic rings. The molecule has 2 aliphatic carbocycles. The first-order valence-electron chi connectivity index (χ1n) is 7.36. The van der Waals surface area contributed by atoms with Crippen LogP contribution in [0.4, 0.5) is 0 Å².